The molecule has 17 heavy (non-hydrogen) atoms. The Hall–Kier alpha value is -1.36. The third-order valence-corrected chi connectivity index (χ3v) is 1.80. The van der Waals surface area contributed by atoms with E-state index in [0.29, 0.717) is 6.54 Å². The van der Waals surface area contributed by atoms with Gasteiger partial charge in [0, 0.05) is 25.7 Å². The standard InChI is InChI=1S/C8H13NO3.C4H11N/c1-3-6-9(2)7(10)4-5-8(11)12;1-3-4-5-2/h4-5H,3,6H2,1-2H3,(H,11,12);5H,3-4H2,1-2H3/b5-4+;. The van der Waals surface area contributed by atoms with Gasteiger partial charge in [0.15, 0.2) is 0 Å². The molecule has 0 atom stereocenters. The molecule has 0 aliphatic heterocycles. The number of rotatable bonds is 6. The van der Waals surface area contributed by atoms with Gasteiger partial charge in [0.2, 0.25) is 5.91 Å². The van der Waals surface area contributed by atoms with Gasteiger partial charge in [-0.05, 0) is 26.4 Å². The van der Waals surface area contributed by atoms with Crippen molar-refractivity contribution in [3.63, 3.8) is 0 Å². The number of aliphatic carboxylic acids is 1. The van der Waals surface area contributed by atoms with Crippen LogP contribution in [-0.2, 0) is 9.59 Å². The summed E-state index contributed by atoms with van der Waals surface area (Å²) in [4.78, 5) is 22.5. The Balaban J connectivity index is 0. The molecule has 0 spiro atoms. The third kappa shape index (κ3) is 14.6. The lowest BCUT2D eigenvalue weighted by atomic mass is 10.4. The van der Waals surface area contributed by atoms with Crippen LogP contribution < -0.4 is 5.32 Å². The summed E-state index contributed by atoms with van der Waals surface area (Å²) >= 11 is 0. The second kappa shape index (κ2) is 12.7. The fraction of sp³-hybridized carbons (Fsp3) is 0.667. The van der Waals surface area contributed by atoms with Crippen molar-refractivity contribution in [2.45, 2.75) is 26.7 Å². The molecule has 0 saturated carbocycles. The minimum Gasteiger partial charge on any atom is -0.478 e. The first-order valence-corrected chi connectivity index (χ1v) is 5.80. The lowest BCUT2D eigenvalue weighted by Crippen LogP contribution is -2.25. The zero-order chi connectivity index (χ0) is 13.7. The van der Waals surface area contributed by atoms with Crippen molar-refractivity contribution in [2.75, 3.05) is 27.2 Å². The van der Waals surface area contributed by atoms with Gasteiger partial charge in [0.05, 0.1) is 0 Å². The van der Waals surface area contributed by atoms with Crippen LogP contribution in [0.15, 0.2) is 12.2 Å². The number of nitrogens with one attached hydrogen (secondary N) is 1. The SMILES string of the molecule is CCCN(C)C(=O)/C=C/C(=O)O.CCCNC. The highest BCUT2D eigenvalue weighted by molar-refractivity contribution is 5.93. The number of hydrogen-bond acceptors (Lipinski definition) is 3. The number of likely N-dealkylation sites (N-methyl/N-ethyl adjacent to an activating group) is 1. The molecule has 0 aliphatic carbocycles. The van der Waals surface area contributed by atoms with Crippen LogP contribution in [0.1, 0.15) is 26.7 Å². The van der Waals surface area contributed by atoms with E-state index in [0.717, 1.165) is 25.1 Å². The van der Waals surface area contributed by atoms with Crippen LogP contribution in [0.4, 0.5) is 0 Å². The highest BCUT2D eigenvalue weighted by atomic mass is 16.4. The van der Waals surface area contributed by atoms with E-state index in [1.807, 2.05) is 14.0 Å². The van der Waals surface area contributed by atoms with Crippen LogP contribution in [0.25, 0.3) is 0 Å². The zero-order valence-electron chi connectivity index (χ0n) is 11.2. The monoisotopic (exact) mass is 244 g/mol. The molecule has 0 unspecified atom stereocenters. The molecule has 5 nitrogen and oxygen atoms in total. The van der Waals surface area contributed by atoms with Crippen LogP contribution in [0, 0.1) is 0 Å². The zero-order valence-corrected chi connectivity index (χ0v) is 11.2. The molecule has 100 valence electrons. The summed E-state index contributed by atoms with van der Waals surface area (Å²) in [5.41, 5.74) is 0. The summed E-state index contributed by atoms with van der Waals surface area (Å²) in [6, 6.07) is 0. The van der Waals surface area contributed by atoms with Crippen molar-refractivity contribution < 1.29 is 14.7 Å². The van der Waals surface area contributed by atoms with E-state index >= 15 is 0 Å². The van der Waals surface area contributed by atoms with E-state index < -0.39 is 5.97 Å². The van der Waals surface area contributed by atoms with Gasteiger partial charge in [0.25, 0.3) is 0 Å². The van der Waals surface area contributed by atoms with Crippen molar-refractivity contribution in [1.29, 1.82) is 0 Å². The second-order valence-corrected chi connectivity index (χ2v) is 3.53. The number of carbonyl (C=O) groups excluding carboxylic acids is 1. The molecule has 0 aromatic rings. The molecule has 0 aromatic heterocycles. The van der Waals surface area contributed by atoms with Crippen molar-refractivity contribution in [3.8, 4) is 0 Å². The fourth-order valence-electron chi connectivity index (χ4n) is 0.965. The molecular weight excluding hydrogens is 220 g/mol. The number of hydrogen-bond donors (Lipinski definition) is 2. The Morgan fingerprint density at radius 3 is 2.12 bits per heavy atom. The summed E-state index contributed by atoms with van der Waals surface area (Å²) in [5, 5.41) is 11.2. The second-order valence-electron chi connectivity index (χ2n) is 3.53. The van der Waals surface area contributed by atoms with Gasteiger partial charge in [-0.25, -0.2) is 4.79 Å². The molecule has 0 heterocycles. The van der Waals surface area contributed by atoms with E-state index in [1.54, 1.807) is 7.05 Å². The number of nitrogens with zero attached hydrogens (tertiary/aromatic N) is 1. The summed E-state index contributed by atoms with van der Waals surface area (Å²) in [5.74, 6) is -1.38. The fourth-order valence-corrected chi connectivity index (χ4v) is 0.965. The number of carboxylic acids is 1. The summed E-state index contributed by atoms with van der Waals surface area (Å²) < 4.78 is 0. The average Bonchev–Trinajstić information content (AvgIpc) is 2.28. The van der Waals surface area contributed by atoms with Crippen LogP contribution >= 0.6 is 0 Å². The molecule has 2 N–H and O–H groups in total. The van der Waals surface area contributed by atoms with Gasteiger partial charge < -0.3 is 15.3 Å². The largest absolute Gasteiger partial charge is 0.478 e. The smallest absolute Gasteiger partial charge is 0.328 e. The Bertz CT molecular complexity index is 238. The number of amides is 1. The van der Waals surface area contributed by atoms with Crippen molar-refractivity contribution in [2.24, 2.45) is 0 Å². The first kappa shape index (κ1) is 18.0. The van der Waals surface area contributed by atoms with Gasteiger partial charge >= 0.3 is 5.97 Å². The number of carbonyl (C=O) groups is 2. The maximum absolute atomic E-state index is 11.0. The highest BCUT2D eigenvalue weighted by Gasteiger charge is 2.02. The average molecular weight is 244 g/mol. The molecule has 0 rings (SSSR count). The third-order valence-electron chi connectivity index (χ3n) is 1.80. The lowest BCUT2D eigenvalue weighted by molar-refractivity contribution is -0.132. The van der Waals surface area contributed by atoms with E-state index in [9.17, 15) is 9.59 Å². The first-order chi connectivity index (χ1) is 7.99. The predicted octanol–water partition coefficient (Wildman–Crippen LogP) is 1.11. The minimum atomic E-state index is -1.10. The van der Waals surface area contributed by atoms with Gasteiger partial charge in [-0.3, -0.25) is 4.79 Å². The van der Waals surface area contributed by atoms with Gasteiger partial charge in [-0.1, -0.05) is 13.8 Å². The summed E-state index contributed by atoms with van der Waals surface area (Å²) in [7, 11) is 3.60. The molecular formula is C12H24N2O3. The molecule has 1 amide bonds. The molecule has 0 bridgehead atoms. The quantitative estimate of drug-likeness (QED) is 0.687. The highest BCUT2D eigenvalue weighted by Crippen LogP contribution is 1.89. The van der Waals surface area contributed by atoms with E-state index in [-0.39, 0.29) is 5.91 Å². The van der Waals surface area contributed by atoms with E-state index in [4.69, 9.17) is 5.11 Å². The Morgan fingerprint density at radius 1 is 1.24 bits per heavy atom. The Morgan fingerprint density at radius 2 is 1.82 bits per heavy atom. The molecule has 0 fully saturated rings. The maximum Gasteiger partial charge on any atom is 0.328 e. The molecule has 5 heteroatoms. The van der Waals surface area contributed by atoms with Crippen molar-refractivity contribution in [1.82, 2.24) is 10.2 Å². The van der Waals surface area contributed by atoms with Gasteiger partial charge in [-0.15, -0.1) is 0 Å². The van der Waals surface area contributed by atoms with Gasteiger partial charge in [-0.2, -0.15) is 0 Å². The first-order valence-electron chi connectivity index (χ1n) is 5.80. The van der Waals surface area contributed by atoms with Crippen LogP contribution in [0.3, 0.4) is 0 Å². The predicted molar refractivity (Wildman–Crippen MR) is 68.9 cm³/mol. The van der Waals surface area contributed by atoms with Crippen LogP contribution in [-0.4, -0.2) is 49.1 Å². The van der Waals surface area contributed by atoms with Crippen molar-refractivity contribution >= 4 is 11.9 Å². The summed E-state index contributed by atoms with van der Waals surface area (Å²) in [6.45, 7) is 5.88. The topological polar surface area (TPSA) is 69.6 Å². The van der Waals surface area contributed by atoms with Crippen LogP contribution in [0.5, 0.6) is 0 Å². The maximum atomic E-state index is 11.0. The van der Waals surface area contributed by atoms with Gasteiger partial charge in [0.1, 0.15) is 0 Å². The van der Waals surface area contributed by atoms with E-state index in [1.165, 1.54) is 11.3 Å². The molecule has 0 saturated heterocycles. The summed E-state index contributed by atoms with van der Waals surface area (Å²) in [6.07, 6.45) is 3.99. The Labute approximate surface area is 103 Å². The van der Waals surface area contributed by atoms with Crippen molar-refractivity contribution in [3.05, 3.63) is 12.2 Å². The normalized spacial score (nSPS) is 9.65. The molecule has 0 radical (unpaired) electrons. The Kier molecular flexibility index (Phi) is 13.5. The molecule has 0 aromatic carbocycles. The molecule has 0 aliphatic rings. The van der Waals surface area contributed by atoms with E-state index in [2.05, 4.69) is 12.2 Å². The van der Waals surface area contributed by atoms with Crippen LogP contribution in [0.2, 0.25) is 0 Å². The lowest BCUT2D eigenvalue weighted by Gasteiger charge is -2.12. The minimum absolute atomic E-state index is 0.278. The number of carboxylic acid groups (broad SMARTS) is 1.